The van der Waals surface area contributed by atoms with Crippen molar-refractivity contribution in [2.24, 2.45) is 0 Å². The summed E-state index contributed by atoms with van der Waals surface area (Å²) < 4.78 is 5.30. The predicted molar refractivity (Wildman–Crippen MR) is 120 cm³/mol. The van der Waals surface area contributed by atoms with Gasteiger partial charge in [0.05, 0.1) is 7.11 Å². The van der Waals surface area contributed by atoms with Gasteiger partial charge < -0.3 is 15.0 Å². The first-order valence-electron chi connectivity index (χ1n) is 11.2. The molecule has 2 heterocycles. The number of carbonyl (C=O) groups is 3. The Bertz CT molecular complexity index is 963. The fraction of sp³-hybridized carbons (Fsp3) is 0.400. The van der Waals surface area contributed by atoms with Gasteiger partial charge in [0.15, 0.2) is 0 Å². The third kappa shape index (κ3) is 4.61. The molecule has 0 aromatic heterocycles. The van der Waals surface area contributed by atoms with Gasteiger partial charge in [-0.05, 0) is 30.0 Å². The van der Waals surface area contributed by atoms with Gasteiger partial charge in [0, 0.05) is 38.0 Å². The summed E-state index contributed by atoms with van der Waals surface area (Å²) in [5.74, 6) is 0.644. The van der Waals surface area contributed by atoms with Crippen LogP contribution in [-0.2, 0) is 29.1 Å². The Morgan fingerprint density at radius 3 is 2.59 bits per heavy atom. The minimum absolute atomic E-state index is 0.0147. The molecule has 0 spiro atoms. The van der Waals surface area contributed by atoms with Crippen molar-refractivity contribution in [2.45, 2.75) is 51.2 Å². The molecule has 0 aliphatic carbocycles. The molecule has 168 valence electrons. The molecule has 1 N–H and O–H groups in total. The number of imide groups is 1. The molecule has 32 heavy (non-hydrogen) atoms. The highest BCUT2D eigenvalue weighted by molar-refractivity contribution is 6.04. The molecular formula is C25H29N3O4. The standard InChI is InChI=1S/C25H29N3O4/c1-32-22-12-7-6-10-19(22)16-26-23(29)13-3-2-8-14-27-24(30)21-15-18-9-4-5-11-20(18)17-28(21)25(27)31/h4-7,9-12,21H,2-3,8,13-17H2,1H3,(H,26,29). The molecule has 1 fully saturated rings. The average molecular weight is 436 g/mol. The molecule has 1 saturated heterocycles. The summed E-state index contributed by atoms with van der Waals surface area (Å²) >= 11 is 0. The summed E-state index contributed by atoms with van der Waals surface area (Å²) in [5, 5.41) is 2.92. The van der Waals surface area contributed by atoms with E-state index in [1.54, 1.807) is 12.0 Å². The van der Waals surface area contributed by atoms with E-state index < -0.39 is 0 Å². The molecule has 1 unspecified atom stereocenters. The molecule has 7 heteroatoms. The van der Waals surface area contributed by atoms with Crippen LogP contribution in [0.2, 0.25) is 0 Å². The third-order valence-corrected chi connectivity index (χ3v) is 6.23. The Labute approximate surface area is 188 Å². The van der Waals surface area contributed by atoms with E-state index in [4.69, 9.17) is 4.74 Å². The number of para-hydroxylation sites is 1. The molecule has 7 nitrogen and oxygen atoms in total. The van der Waals surface area contributed by atoms with Gasteiger partial charge in [-0.25, -0.2) is 4.79 Å². The summed E-state index contributed by atoms with van der Waals surface area (Å²) in [6, 6.07) is 15.0. The number of rotatable bonds is 9. The van der Waals surface area contributed by atoms with Gasteiger partial charge in [0.1, 0.15) is 11.8 Å². The number of ether oxygens (including phenoxy) is 1. The van der Waals surface area contributed by atoms with Crippen molar-refractivity contribution >= 4 is 17.8 Å². The molecule has 2 aliphatic rings. The Hall–Kier alpha value is -3.35. The van der Waals surface area contributed by atoms with Crippen LogP contribution >= 0.6 is 0 Å². The second kappa shape index (κ2) is 9.85. The number of amides is 4. The molecule has 0 saturated carbocycles. The lowest BCUT2D eigenvalue weighted by molar-refractivity contribution is -0.128. The van der Waals surface area contributed by atoms with Gasteiger partial charge in [-0.1, -0.05) is 48.9 Å². The van der Waals surface area contributed by atoms with E-state index in [-0.39, 0.29) is 23.9 Å². The van der Waals surface area contributed by atoms with Gasteiger partial charge in [-0.2, -0.15) is 0 Å². The van der Waals surface area contributed by atoms with Gasteiger partial charge in [0.25, 0.3) is 5.91 Å². The fourth-order valence-corrected chi connectivity index (χ4v) is 4.44. The number of unbranched alkanes of at least 4 members (excludes halogenated alkanes) is 2. The van der Waals surface area contributed by atoms with E-state index in [0.29, 0.717) is 45.3 Å². The number of hydrogen-bond donors (Lipinski definition) is 1. The summed E-state index contributed by atoms with van der Waals surface area (Å²) in [5.41, 5.74) is 3.20. The van der Waals surface area contributed by atoms with Crippen LogP contribution in [0.3, 0.4) is 0 Å². The highest BCUT2D eigenvalue weighted by atomic mass is 16.5. The molecule has 1 atom stereocenters. The Morgan fingerprint density at radius 1 is 1.03 bits per heavy atom. The van der Waals surface area contributed by atoms with Crippen LogP contribution in [0.25, 0.3) is 0 Å². The molecule has 2 aliphatic heterocycles. The number of carbonyl (C=O) groups excluding carboxylic acids is 3. The van der Waals surface area contributed by atoms with Crippen LogP contribution in [0.1, 0.15) is 42.4 Å². The second-order valence-corrected chi connectivity index (χ2v) is 8.29. The quantitative estimate of drug-likeness (QED) is 0.484. The molecule has 2 aromatic rings. The SMILES string of the molecule is COc1ccccc1CNC(=O)CCCCCN1C(=O)C2Cc3ccccc3CN2C1=O. The first kappa shape index (κ1) is 21.9. The van der Waals surface area contributed by atoms with Crippen molar-refractivity contribution in [3.8, 4) is 5.75 Å². The number of nitrogens with one attached hydrogen (secondary N) is 1. The van der Waals surface area contributed by atoms with Crippen molar-refractivity contribution < 1.29 is 19.1 Å². The first-order chi connectivity index (χ1) is 15.6. The van der Waals surface area contributed by atoms with E-state index in [9.17, 15) is 14.4 Å². The van der Waals surface area contributed by atoms with Crippen LogP contribution in [0.4, 0.5) is 4.79 Å². The van der Waals surface area contributed by atoms with Crippen molar-refractivity contribution in [2.75, 3.05) is 13.7 Å². The number of methoxy groups -OCH3 is 1. The Balaban J connectivity index is 1.18. The summed E-state index contributed by atoms with van der Waals surface area (Å²) in [7, 11) is 1.61. The van der Waals surface area contributed by atoms with Crippen LogP contribution in [0.15, 0.2) is 48.5 Å². The van der Waals surface area contributed by atoms with E-state index in [1.165, 1.54) is 4.90 Å². The highest BCUT2D eigenvalue weighted by Gasteiger charge is 2.46. The van der Waals surface area contributed by atoms with Crippen molar-refractivity contribution in [3.05, 3.63) is 65.2 Å². The maximum absolute atomic E-state index is 12.8. The van der Waals surface area contributed by atoms with Crippen LogP contribution in [-0.4, -0.2) is 47.3 Å². The average Bonchev–Trinajstić information content (AvgIpc) is 3.05. The van der Waals surface area contributed by atoms with E-state index >= 15 is 0 Å². The lowest BCUT2D eigenvalue weighted by Gasteiger charge is -2.28. The fourth-order valence-electron chi connectivity index (χ4n) is 4.44. The summed E-state index contributed by atoms with van der Waals surface area (Å²) in [6.45, 7) is 1.33. The molecular weight excluding hydrogens is 406 g/mol. The molecule has 4 amide bonds. The number of urea groups is 1. The zero-order valence-electron chi connectivity index (χ0n) is 18.4. The molecule has 2 aromatic carbocycles. The lowest BCUT2D eigenvalue weighted by Crippen LogP contribution is -2.39. The van der Waals surface area contributed by atoms with Gasteiger partial charge in [0.2, 0.25) is 5.91 Å². The van der Waals surface area contributed by atoms with Gasteiger partial charge in [-0.3, -0.25) is 14.5 Å². The van der Waals surface area contributed by atoms with Crippen LogP contribution in [0, 0.1) is 0 Å². The van der Waals surface area contributed by atoms with E-state index in [0.717, 1.165) is 28.9 Å². The van der Waals surface area contributed by atoms with E-state index in [1.807, 2.05) is 48.5 Å². The number of fused-ring (bicyclic) bond motifs is 2. The highest BCUT2D eigenvalue weighted by Crippen LogP contribution is 2.30. The maximum Gasteiger partial charge on any atom is 0.327 e. The summed E-state index contributed by atoms with van der Waals surface area (Å²) in [4.78, 5) is 40.8. The number of benzene rings is 2. The smallest absolute Gasteiger partial charge is 0.327 e. The van der Waals surface area contributed by atoms with Crippen molar-refractivity contribution in [3.63, 3.8) is 0 Å². The minimum Gasteiger partial charge on any atom is -0.496 e. The van der Waals surface area contributed by atoms with Crippen molar-refractivity contribution in [1.29, 1.82) is 0 Å². The topological polar surface area (TPSA) is 79.0 Å². The Kier molecular flexibility index (Phi) is 6.73. The van der Waals surface area contributed by atoms with E-state index in [2.05, 4.69) is 5.32 Å². The molecule has 0 radical (unpaired) electrons. The second-order valence-electron chi connectivity index (χ2n) is 8.29. The minimum atomic E-state index is -0.377. The summed E-state index contributed by atoms with van der Waals surface area (Å²) in [6.07, 6.45) is 3.20. The van der Waals surface area contributed by atoms with Crippen molar-refractivity contribution in [1.82, 2.24) is 15.1 Å². The largest absolute Gasteiger partial charge is 0.496 e. The van der Waals surface area contributed by atoms with Gasteiger partial charge >= 0.3 is 6.03 Å². The normalized spacial score (nSPS) is 17.2. The zero-order valence-corrected chi connectivity index (χ0v) is 18.4. The molecule has 4 rings (SSSR count). The first-order valence-corrected chi connectivity index (χ1v) is 11.2. The number of nitrogens with zero attached hydrogens (tertiary/aromatic N) is 2. The number of hydrogen-bond acceptors (Lipinski definition) is 4. The molecule has 0 bridgehead atoms. The van der Waals surface area contributed by atoms with Crippen LogP contribution in [0.5, 0.6) is 5.75 Å². The van der Waals surface area contributed by atoms with Crippen LogP contribution < -0.4 is 10.1 Å². The maximum atomic E-state index is 12.8. The monoisotopic (exact) mass is 435 g/mol. The predicted octanol–water partition coefficient (Wildman–Crippen LogP) is 3.26. The zero-order chi connectivity index (χ0) is 22.5. The van der Waals surface area contributed by atoms with Gasteiger partial charge in [-0.15, -0.1) is 0 Å². The third-order valence-electron chi connectivity index (χ3n) is 6.23. The lowest BCUT2D eigenvalue weighted by atomic mass is 9.95. The Morgan fingerprint density at radius 2 is 1.78 bits per heavy atom.